The molecule has 0 amide bonds. The second-order valence-corrected chi connectivity index (χ2v) is 7.16. The summed E-state index contributed by atoms with van der Waals surface area (Å²) in [5.74, 6) is -1.45. The van der Waals surface area contributed by atoms with Gasteiger partial charge in [-0.1, -0.05) is 44.0 Å². The van der Waals surface area contributed by atoms with Gasteiger partial charge in [-0.25, -0.2) is 13.1 Å². The van der Waals surface area contributed by atoms with Gasteiger partial charge in [-0.2, -0.15) is 0 Å². The number of aliphatic carboxylic acids is 1. The third kappa shape index (κ3) is 4.74. The number of pyridine rings is 1. The molecule has 7 heteroatoms. The molecular weight excluding hydrogens is 316 g/mol. The second-order valence-electron chi connectivity index (χ2n) is 5.40. The molecule has 0 bridgehead atoms. The number of carboxylic acid groups (broad SMARTS) is 1. The number of hydrogen-bond donors (Lipinski definition) is 2. The van der Waals surface area contributed by atoms with E-state index in [0.29, 0.717) is 17.5 Å². The fourth-order valence-electron chi connectivity index (χ4n) is 2.39. The molecule has 0 fully saturated rings. The highest BCUT2D eigenvalue weighted by molar-refractivity contribution is 7.88. The van der Waals surface area contributed by atoms with Crippen LogP contribution >= 0.6 is 0 Å². The van der Waals surface area contributed by atoms with Crippen molar-refractivity contribution in [3.8, 4) is 0 Å². The molecule has 0 saturated heterocycles. The monoisotopic (exact) mass is 336 g/mol. The molecule has 6 nitrogen and oxygen atoms in total. The summed E-state index contributed by atoms with van der Waals surface area (Å²) in [5, 5.41) is 10.0. The summed E-state index contributed by atoms with van der Waals surface area (Å²) in [7, 11) is -3.77. The Hall–Kier alpha value is -1.99. The molecule has 1 aromatic heterocycles. The first-order valence-electron chi connectivity index (χ1n) is 7.48. The number of rotatable bonds is 8. The van der Waals surface area contributed by atoms with Crippen LogP contribution in [0.3, 0.4) is 0 Å². The summed E-state index contributed by atoms with van der Waals surface area (Å²) in [6.07, 6.45) is 3.33. The number of nitrogens with one attached hydrogen (secondary N) is 1. The van der Waals surface area contributed by atoms with Crippen molar-refractivity contribution in [2.24, 2.45) is 0 Å². The summed E-state index contributed by atoms with van der Waals surface area (Å²) in [6.45, 7) is 1.93. The number of nitrogens with zero attached hydrogens (tertiary/aromatic N) is 1. The molecule has 124 valence electrons. The van der Waals surface area contributed by atoms with E-state index in [0.717, 1.165) is 11.8 Å². The van der Waals surface area contributed by atoms with Crippen LogP contribution < -0.4 is 4.72 Å². The lowest BCUT2D eigenvalue weighted by atomic mass is 10.1. The fraction of sp³-hybridized carbons (Fsp3) is 0.375. The highest BCUT2D eigenvalue weighted by Crippen LogP contribution is 2.18. The largest absolute Gasteiger partial charge is 0.480 e. The second kappa shape index (κ2) is 7.52. The number of carbonyl (C=O) groups is 1. The van der Waals surface area contributed by atoms with Gasteiger partial charge < -0.3 is 5.11 Å². The predicted octanol–water partition coefficient (Wildman–Crippen LogP) is 2.30. The van der Waals surface area contributed by atoms with Crippen LogP contribution in [-0.4, -0.2) is 30.5 Å². The van der Waals surface area contributed by atoms with Crippen molar-refractivity contribution in [3.05, 3.63) is 42.1 Å². The standard InChI is InChI=1S/C16H20N2O4S/c1-2-3-9-14(16(19)20)18-23(21,22)11-13-7-4-6-12-8-5-10-17-15(12)13/h4-8,10,14,18H,2-3,9,11H2,1H3,(H,19,20)/t14-/m0/s1. The van der Waals surface area contributed by atoms with E-state index in [4.69, 9.17) is 5.11 Å². The van der Waals surface area contributed by atoms with E-state index in [9.17, 15) is 13.2 Å². The molecule has 1 aromatic carbocycles. The molecular formula is C16H20N2O4S. The van der Waals surface area contributed by atoms with Gasteiger partial charge in [-0.3, -0.25) is 9.78 Å². The van der Waals surface area contributed by atoms with Gasteiger partial charge in [0, 0.05) is 11.6 Å². The van der Waals surface area contributed by atoms with E-state index in [-0.39, 0.29) is 12.2 Å². The Balaban J connectivity index is 2.21. The number of benzene rings is 1. The average molecular weight is 336 g/mol. The molecule has 1 heterocycles. The van der Waals surface area contributed by atoms with Crippen LogP contribution in [0.25, 0.3) is 10.9 Å². The van der Waals surface area contributed by atoms with Crippen molar-refractivity contribution in [1.29, 1.82) is 0 Å². The molecule has 23 heavy (non-hydrogen) atoms. The lowest BCUT2D eigenvalue weighted by Gasteiger charge is -2.15. The highest BCUT2D eigenvalue weighted by atomic mass is 32.2. The van der Waals surface area contributed by atoms with E-state index in [1.807, 2.05) is 19.1 Å². The lowest BCUT2D eigenvalue weighted by Crippen LogP contribution is -2.41. The Labute approximate surface area is 135 Å². The van der Waals surface area contributed by atoms with Crippen molar-refractivity contribution in [2.45, 2.75) is 38.0 Å². The van der Waals surface area contributed by atoms with Gasteiger partial charge in [0.25, 0.3) is 0 Å². The van der Waals surface area contributed by atoms with Crippen molar-refractivity contribution in [1.82, 2.24) is 9.71 Å². The quantitative estimate of drug-likeness (QED) is 0.771. The first-order chi connectivity index (χ1) is 10.9. The number of aromatic nitrogens is 1. The third-order valence-electron chi connectivity index (χ3n) is 3.53. The minimum absolute atomic E-state index is 0.277. The average Bonchev–Trinajstić information content (AvgIpc) is 2.51. The summed E-state index contributed by atoms with van der Waals surface area (Å²) >= 11 is 0. The van der Waals surface area contributed by atoms with E-state index in [1.165, 1.54) is 0 Å². The zero-order valence-corrected chi connectivity index (χ0v) is 13.7. The first kappa shape index (κ1) is 17.4. The Morgan fingerprint density at radius 1 is 1.30 bits per heavy atom. The number of hydrogen-bond acceptors (Lipinski definition) is 4. The van der Waals surface area contributed by atoms with Crippen molar-refractivity contribution in [3.63, 3.8) is 0 Å². The third-order valence-corrected chi connectivity index (χ3v) is 4.86. The Morgan fingerprint density at radius 3 is 2.74 bits per heavy atom. The first-order valence-corrected chi connectivity index (χ1v) is 9.13. The normalized spacial score (nSPS) is 13.1. The molecule has 1 atom stereocenters. The molecule has 0 radical (unpaired) electrons. The maximum absolute atomic E-state index is 12.3. The zero-order chi connectivity index (χ0) is 16.9. The molecule has 2 N–H and O–H groups in total. The summed E-state index contributed by atoms with van der Waals surface area (Å²) in [5.41, 5.74) is 1.16. The van der Waals surface area contributed by atoms with E-state index in [1.54, 1.807) is 24.4 Å². The van der Waals surface area contributed by atoms with Gasteiger partial charge in [0.15, 0.2) is 0 Å². The van der Waals surface area contributed by atoms with Crippen molar-refractivity contribution < 1.29 is 18.3 Å². The maximum atomic E-state index is 12.3. The van der Waals surface area contributed by atoms with Gasteiger partial charge in [-0.15, -0.1) is 0 Å². The topological polar surface area (TPSA) is 96.4 Å². The van der Waals surface area contributed by atoms with Gasteiger partial charge in [0.05, 0.1) is 11.3 Å². The number of carboxylic acids is 1. The zero-order valence-electron chi connectivity index (χ0n) is 12.9. The van der Waals surface area contributed by atoms with Crippen LogP contribution in [-0.2, 0) is 20.6 Å². The molecule has 0 aliphatic carbocycles. The van der Waals surface area contributed by atoms with Gasteiger partial charge in [-0.05, 0) is 18.1 Å². The number of para-hydroxylation sites is 1. The lowest BCUT2D eigenvalue weighted by molar-refractivity contribution is -0.139. The molecule has 0 aliphatic rings. The van der Waals surface area contributed by atoms with Crippen LogP contribution in [0.1, 0.15) is 31.7 Å². The summed E-state index contributed by atoms with van der Waals surface area (Å²) in [6, 6.07) is 7.85. The van der Waals surface area contributed by atoms with E-state index in [2.05, 4.69) is 9.71 Å². The smallest absolute Gasteiger partial charge is 0.321 e. The number of fused-ring (bicyclic) bond motifs is 1. The Bertz CT molecular complexity index is 784. The molecule has 0 saturated carbocycles. The summed E-state index contributed by atoms with van der Waals surface area (Å²) in [4.78, 5) is 15.4. The molecule has 2 rings (SSSR count). The van der Waals surface area contributed by atoms with Crippen LogP contribution in [0.4, 0.5) is 0 Å². The predicted molar refractivity (Wildman–Crippen MR) is 88.5 cm³/mol. The highest BCUT2D eigenvalue weighted by Gasteiger charge is 2.24. The molecule has 0 unspecified atom stereocenters. The van der Waals surface area contributed by atoms with Crippen molar-refractivity contribution >= 4 is 26.9 Å². The van der Waals surface area contributed by atoms with Gasteiger partial charge in [0.2, 0.25) is 10.0 Å². The Morgan fingerprint density at radius 2 is 2.04 bits per heavy atom. The maximum Gasteiger partial charge on any atom is 0.321 e. The van der Waals surface area contributed by atoms with Crippen molar-refractivity contribution in [2.75, 3.05) is 0 Å². The van der Waals surface area contributed by atoms with E-state index < -0.39 is 22.0 Å². The molecule has 0 aliphatic heterocycles. The van der Waals surface area contributed by atoms with Gasteiger partial charge >= 0.3 is 5.97 Å². The van der Waals surface area contributed by atoms with Crippen LogP contribution in [0, 0.1) is 0 Å². The fourth-order valence-corrected chi connectivity index (χ4v) is 3.77. The molecule has 0 spiro atoms. The SMILES string of the molecule is CCCC[C@H](NS(=O)(=O)Cc1cccc2cccnc12)C(=O)O. The van der Waals surface area contributed by atoms with Crippen LogP contribution in [0.15, 0.2) is 36.5 Å². The van der Waals surface area contributed by atoms with E-state index >= 15 is 0 Å². The number of unbranched alkanes of at least 4 members (excludes halogenated alkanes) is 1. The minimum Gasteiger partial charge on any atom is -0.480 e. The molecule has 2 aromatic rings. The minimum atomic E-state index is -3.77. The summed E-state index contributed by atoms with van der Waals surface area (Å²) < 4.78 is 26.9. The van der Waals surface area contributed by atoms with Crippen LogP contribution in [0.5, 0.6) is 0 Å². The number of sulfonamides is 1. The van der Waals surface area contributed by atoms with Gasteiger partial charge in [0.1, 0.15) is 6.04 Å². The Kier molecular flexibility index (Phi) is 5.68. The van der Waals surface area contributed by atoms with Crippen LogP contribution in [0.2, 0.25) is 0 Å².